The third-order valence-corrected chi connectivity index (χ3v) is 2.23. The zero-order valence-corrected chi connectivity index (χ0v) is 7.07. The van der Waals surface area contributed by atoms with E-state index in [1.807, 2.05) is 0 Å². The molecule has 0 aromatic carbocycles. The van der Waals surface area contributed by atoms with E-state index in [1.54, 1.807) is 0 Å². The minimum absolute atomic E-state index is 0.366. The summed E-state index contributed by atoms with van der Waals surface area (Å²) in [5, 5.41) is 0. The molecule has 0 heterocycles. The largest absolute Gasteiger partial charge is 0.363 e. The molecule has 10 heavy (non-hydrogen) atoms. The molecule has 0 amide bonds. The molecule has 1 aliphatic rings. The second-order valence-corrected chi connectivity index (χ2v) is 3.11. The first-order valence-corrected chi connectivity index (χ1v) is 4.64. The second-order valence-electron chi connectivity index (χ2n) is 2.89. The Morgan fingerprint density at radius 2 is 1.70 bits per heavy atom. The molecular formula is C8H15ClO. The summed E-state index contributed by atoms with van der Waals surface area (Å²) in [5.74, 6) is 0. The van der Waals surface area contributed by atoms with Crippen molar-refractivity contribution in [3.8, 4) is 0 Å². The summed E-state index contributed by atoms with van der Waals surface area (Å²) in [6.07, 6.45) is 8.28. The van der Waals surface area contributed by atoms with Crippen LogP contribution >= 0.6 is 11.6 Å². The molecule has 1 fully saturated rings. The van der Waals surface area contributed by atoms with Crippen molar-refractivity contribution in [3.05, 3.63) is 0 Å². The fourth-order valence-corrected chi connectivity index (χ4v) is 1.68. The first-order valence-electron chi connectivity index (χ1n) is 4.11. The van der Waals surface area contributed by atoms with E-state index in [1.165, 1.54) is 38.5 Å². The van der Waals surface area contributed by atoms with Crippen LogP contribution in [0.3, 0.4) is 0 Å². The van der Waals surface area contributed by atoms with E-state index < -0.39 is 0 Å². The van der Waals surface area contributed by atoms with Crippen LogP contribution in [-0.4, -0.2) is 12.2 Å². The van der Waals surface area contributed by atoms with Gasteiger partial charge in [-0.05, 0) is 12.8 Å². The van der Waals surface area contributed by atoms with E-state index >= 15 is 0 Å². The lowest BCUT2D eigenvalue weighted by Crippen LogP contribution is -2.09. The van der Waals surface area contributed by atoms with Crippen molar-refractivity contribution in [1.82, 2.24) is 0 Å². The molecular weight excluding hydrogens is 148 g/mol. The highest BCUT2D eigenvalue weighted by Gasteiger charge is 2.10. The lowest BCUT2D eigenvalue weighted by molar-refractivity contribution is 0.0755. The van der Waals surface area contributed by atoms with Crippen molar-refractivity contribution in [3.63, 3.8) is 0 Å². The summed E-state index contributed by atoms with van der Waals surface area (Å²) in [6.45, 7) is 0. The minimum atomic E-state index is 0.366. The lowest BCUT2D eigenvalue weighted by atomic mass is 10.2. The van der Waals surface area contributed by atoms with Gasteiger partial charge in [0.25, 0.3) is 0 Å². The van der Waals surface area contributed by atoms with E-state index in [0.717, 1.165) is 0 Å². The smallest absolute Gasteiger partial charge is 0.121 e. The molecule has 0 atom stereocenters. The molecule has 60 valence electrons. The van der Waals surface area contributed by atoms with E-state index in [0.29, 0.717) is 12.2 Å². The molecule has 0 unspecified atom stereocenters. The van der Waals surface area contributed by atoms with Crippen molar-refractivity contribution in [2.24, 2.45) is 0 Å². The maximum Gasteiger partial charge on any atom is 0.121 e. The van der Waals surface area contributed by atoms with E-state index in [9.17, 15) is 0 Å². The van der Waals surface area contributed by atoms with E-state index in [-0.39, 0.29) is 0 Å². The minimum Gasteiger partial charge on any atom is -0.363 e. The molecule has 0 aromatic rings. The Morgan fingerprint density at radius 3 is 2.20 bits per heavy atom. The third kappa shape index (κ3) is 2.89. The third-order valence-electron chi connectivity index (χ3n) is 2.10. The maximum absolute atomic E-state index is 5.47. The Bertz CT molecular complexity index is 77.3. The van der Waals surface area contributed by atoms with Crippen molar-refractivity contribution in [2.75, 3.05) is 6.07 Å². The average Bonchev–Trinajstić information content (AvgIpc) is 2.17. The van der Waals surface area contributed by atoms with E-state index in [4.69, 9.17) is 16.3 Å². The standard InChI is InChI=1S/C8H15ClO/c9-7-10-8-5-3-1-2-4-6-8/h8H,1-7H2. The molecule has 0 aliphatic heterocycles. The highest BCUT2D eigenvalue weighted by molar-refractivity contribution is 6.17. The fraction of sp³-hybridized carbons (Fsp3) is 1.00. The van der Waals surface area contributed by atoms with Crippen LogP contribution in [0.25, 0.3) is 0 Å². The molecule has 2 heteroatoms. The van der Waals surface area contributed by atoms with Crippen molar-refractivity contribution < 1.29 is 4.74 Å². The summed E-state index contributed by atoms with van der Waals surface area (Å²) in [7, 11) is 0. The molecule has 1 nitrogen and oxygen atoms in total. The van der Waals surface area contributed by atoms with Gasteiger partial charge in [-0.1, -0.05) is 37.3 Å². The van der Waals surface area contributed by atoms with Crippen LogP contribution in [0.4, 0.5) is 0 Å². The van der Waals surface area contributed by atoms with Gasteiger partial charge in [-0.3, -0.25) is 0 Å². The van der Waals surface area contributed by atoms with Gasteiger partial charge in [0.2, 0.25) is 0 Å². The number of ether oxygens (including phenoxy) is 1. The Morgan fingerprint density at radius 1 is 1.10 bits per heavy atom. The van der Waals surface area contributed by atoms with Crippen molar-refractivity contribution >= 4 is 11.6 Å². The zero-order valence-electron chi connectivity index (χ0n) is 6.31. The molecule has 0 bridgehead atoms. The monoisotopic (exact) mass is 162 g/mol. The Kier molecular flexibility index (Phi) is 4.15. The Hall–Kier alpha value is 0.250. The average molecular weight is 163 g/mol. The number of hydrogen-bond acceptors (Lipinski definition) is 1. The number of alkyl halides is 1. The van der Waals surface area contributed by atoms with Crippen LogP contribution < -0.4 is 0 Å². The van der Waals surface area contributed by atoms with E-state index in [2.05, 4.69) is 0 Å². The molecule has 0 aromatic heterocycles. The molecule has 0 radical (unpaired) electrons. The lowest BCUT2D eigenvalue weighted by Gasteiger charge is -2.11. The molecule has 0 saturated heterocycles. The summed E-state index contributed by atoms with van der Waals surface area (Å²) in [6, 6.07) is 0.366. The number of hydrogen-bond donors (Lipinski definition) is 0. The normalized spacial score (nSPS) is 22.5. The second kappa shape index (κ2) is 4.97. The molecule has 0 spiro atoms. The Balaban J connectivity index is 2.15. The van der Waals surface area contributed by atoms with Gasteiger partial charge in [0.1, 0.15) is 6.07 Å². The molecule has 0 N–H and O–H groups in total. The van der Waals surface area contributed by atoms with Crippen LogP contribution in [0.15, 0.2) is 0 Å². The first kappa shape index (κ1) is 8.35. The highest BCUT2D eigenvalue weighted by atomic mass is 35.5. The summed E-state index contributed by atoms with van der Waals surface area (Å²) >= 11 is 5.47. The van der Waals surface area contributed by atoms with Crippen molar-refractivity contribution in [2.45, 2.75) is 44.6 Å². The van der Waals surface area contributed by atoms with Crippen LogP contribution in [0.2, 0.25) is 0 Å². The SMILES string of the molecule is ClCOC1CCCCCC1. The first-order chi connectivity index (χ1) is 4.93. The van der Waals surface area contributed by atoms with Gasteiger partial charge >= 0.3 is 0 Å². The fourth-order valence-electron chi connectivity index (χ4n) is 1.50. The van der Waals surface area contributed by atoms with Gasteiger partial charge in [-0.15, -0.1) is 0 Å². The summed E-state index contributed by atoms with van der Waals surface area (Å²) < 4.78 is 5.33. The van der Waals surface area contributed by atoms with Crippen LogP contribution in [-0.2, 0) is 4.74 Å². The van der Waals surface area contributed by atoms with Crippen LogP contribution in [0.1, 0.15) is 38.5 Å². The van der Waals surface area contributed by atoms with Crippen LogP contribution in [0.5, 0.6) is 0 Å². The summed E-state index contributed by atoms with van der Waals surface area (Å²) in [5.41, 5.74) is 0. The molecule has 1 aliphatic carbocycles. The predicted octanol–water partition coefficient (Wildman–Crippen LogP) is 2.92. The van der Waals surface area contributed by atoms with Gasteiger partial charge < -0.3 is 4.74 Å². The topological polar surface area (TPSA) is 9.23 Å². The quantitative estimate of drug-likeness (QED) is 0.448. The number of rotatable bonds is 2. The molecule has 1 saturated carbocycles. The Labute approximate surface area is 67.7 Å². The van der Waals surface area contributed by atoms with Gasteiger partial charge in [0.15, 0.2) is 0 Å². The van der Waals surface area contributed by atoms with Crippen molar-refractivity contribution in [1.29, 1.82) is 0 Å². The highest BCUT2D eigenvalue weighted by Crippen LogP contribution is 2.19. The summed E-state index contributed by atoms with van der Waals surface area (Å²) in [4.78, 5) is 0. The van der Waals surface area contributed by atoms with Crippen LogP contribution in [0, 0.1) is 0 Å². The van der Waals surface area contributed by atoms with Gasteiger partial charge in [0.05, 0.1) is 6.10 Å². The predicted molar refractivity (Wildman–Crippen MR) is 43.3 cm³/mol. The number of halogens is 1. The molecule has 1 rings (SSSR count). The van der Waals surface area contributed by atoms with Gasteiger partial charge in [-0.2, -0.15) is 0 Å². The maximum atomic E-state index is 5.47. The van der Waals surface area contributed by atoms with Gasteiger partial charge in [0, 0.05) is 0 Å². The van der Waals surface area contributed by atoms with Gasteiger partial charge in [-0.25, -0.2) is 0 Å². The zero-order chi connectivity index (χ0) is 7.23.